The van der Waals surface area contributed by atoms with E-state index in [4.69, 9.17) is 4.52 Å². The Bertz CT molecular complexity index is 503. The van der Waals surface area contributed by atoms with Gasteiger partial charge in [-0.05, 0) is 12.5 Å². The van der Waals surface area contributed by atoms with E-state index in [0.717, 1.165) is 31.2 Å². The van der Waals surface area contributed by atoms with Crippen LogP contribution in [0.1, 0.15) is 38.3 Å². The van der Waals surface area contributed by atoms with Gasteiger partial charge >= 0.3 is 0 Å². The number of nitrogens with zero attached hydrogens (tertiary/aromatic N) is 4. The second kappa shape index (κ2) is 6.47. The molecule has 0 aliphatic rings. The molecule has 6 nitrogen and oxygen atoms in total. The SMILES string of the molecule is CCc1noc(Cn2ccnc2CNCC(C)C)n1. The zero-order chi connectivity index (χ0) is 13.7. The number of rotatable bonds is 7. The molecule has 2 rings (SSSR count). The summed E-state index contributed by atoms with van der Waals surface area (Å²) in [5.41, 5.74) is 0. The van der Waals surface area contributed by atoms with E-state index < -0.39 is 0 Å². The van der Waals surface area contributed by atoms with Crippen LogP contribution in [0, 0.1) is 5.92 Å². The van der Waals surface area contributed by atoms with Crippen molar-refractivity contribution < 1.29 is 4.52 Å². The van der Waals surface area contributed by atoms with Crippen LogP contribution in [0.25, 0.3) is 0 Å². The molecule has 2 aromatic rings. The third kappa shape index (κ3) is 3.89. The van der Waals surface area contributed by atoms with Crippen LogP contribution in [0.3, 0.4) is 0 Å². The van der Waals surface area contributed by atoms with Crippen LogP contribution in [-0.4, -0.2) is 26.2 Å². The lowest BCUT2D eigenvalue weighted by molar-refractivity contribution is 0.364. The lowest BCUT2D eigenvalue weighted by Crippen LogP contribution is -2.21. The van der Waals surface area contributed by atoms with Gasteiger partial charge in [-0.15, -0.1) is 0 Å². The second-order valence-corrected chi connectivity index (χ2v) is 4.95. The smallest absolute Gasteiger partial charge is 0.246 e. The van der Waals surface area contributed by atoms with Crippen molar-refractivity contribution in [3.8, 4) is 0 Å². The van der Waals surface area contributed by atoms with Gasteiger partial charge in [-0.25, -0.2) is 4.98 Å². The van der Waals surface area contributed by atoms with Crippen molar-refractivity contribution in [3.05, 3.63) is 29.9 Å². The summed E-state index contributed by atoms with van der Waals surface area (Å²) in [7, 11) is 0. The Kier molecular flexibility index (Phi) is 4.68. The minimum atomic E-state index is 0.575. The van der Waals surface area contributed by atoms with Crippen LogP contribution in [-0.2, 0) is 19.5 Å². The Labute approximate surface area is 113 Å². The molecule has 2 heterocycles. The highest BCUT2D eigenvalue weighted by Crippen LogP contribution is 2.05. The van der Waals surface area contributed by atoms with E-state index in [1.165, 1.54) is 0 Å². The molecule has 0 spiro atoms. The van der Waals surface area contributed by atoms with Gasteiger partial charge in [0.2, 0.25) is 5.89 Å². The minimum absolute atomic E-state index is 0.575. The fraction of sp³-hybridized carbons (Fsp3) is 0.615. The Morgan fingerprint density at radius 3 is 2.95 bits per heavy atom. The standard InChI is InChI=1S/C13H21N5O/c1-4-11-16-13(19-17-11)9-18-6-5-15-12(18)8-14-7-10(2)3/h5-6,10,14H,4,7-9H2,1-3H3. The number of nitrogens with one attached hydrogen (secondary N) is 1. The van der Waals surface area contributed by atoms with E-state index in [-0.39, 0.29) is 0 Å². The van der Waals surface area contributed by atoms with Gasteiger partial charge in [0.05, 0.1) is 6.54 Å². The van der Waals surface area contributed by atoms with Crippen molar-refractivity contribution in [3.63, 3.8) is 0 Å². The highest BCUT2D eigenvalue weighted by molar-refractivity contribution is 4.96. The molecule has 2 aromatic heterocycles. The van der Waals surface area contributed by atoms with Gasteiger partial charge in [-0.2, -0.15) is 4.98 Å². The van der Waals surface area contributed by atoms with Crippen LogP contribution < -0.4 is 5.32 Å². The van der Waals surface area contributed by atoms with Crippen molar-refractivity contribution >= 4 is 0 Å². The first-order valence-electron chi connectivity index (χ1n) is 6.71. The largest absolute Gasteiger partial charge is 0.337 e. The van der Waals surface area contributed by atoms with E-state index in [1.807, 2.05) is 17.7 Å². The Morgan fingerprint density at radius 2 is 2.26 bits per heavy atom. The normalized spacial score (nSPS) is 11.4. The highest BCUT2D eigenvalue weighted by Gasteiger charge is 2.08. The number of imidazole rings is 1. The lowest BCUT2D eigenvalue weighted by atomic mass is 10.2. The molecule has 0 fully saturated rings. The predicted octanol–water partition coefficient (Wildman–Crippen LogP) is 1.62. The monoisotopic (exact) mass is 263 g/mol. The molecule has 0 bridgehead atoms. The minimum Gasteiger partial charge on any atom is -0.337 e. The quantitative estimate of drug-likeness (QED) is 0.822. The van der Waals surface area contributed by atoms with Gasteiger partial charge in [0.1, 0.15) is 12.4 Å². The summed E-state index contributed by atoms with van der Waals surface area (Å²) >= 11 is 0. The third-order valence-electron chi connectivity index (χ3n) is 2.77. The highest BCUT2D eigenvalue weighted by atomic mass is 16.5. The van der Waals surface area contributed by atoms with Crippen LogP contribution in [0.15, 0.2) is 16.9 Å². The topological polar surface area (TPSA) is 68.8 Å². The molecular weight excluding hydrogens is 242 g/mol. The van der Waals surface area contributed by atoms with E-state index in [2.05, 4.69) is 34.3 Å². The summed E-state index contributed by atoms with van der Waals surface area (Å²) in [5, 5.41) is 7.27. The average molecular weight is 263 g/mol. The molecule has 0 aliphatic carbocycles. The Balaban J connectivity index is 1.95. The van der Waals surface area contributed by atoms with Crippen molar-refractivity contribution in [1.29, 1.82) is 0 Å². The van der Waals surface area contributed by atoms with E-state index in [0.29, 0.717) is 18.4 Å². The van der Waals surface area contributed by atoms with E-state index in [9.17, 15) is 0 Å². The maximum atomic E-state index is 5.20. The predicted molar refractivity (Wildman–Crippen MR) is 71.5 cm³/mol. The maximum Gasteiger partial charge on any atom is 0.246 e. The number of hydrogen-bond acceptors (Lipinski definition) is 5. The van der Waals surface area contributed by atoms with Gasteiger partial charge in [-0.1, -0.05) is 25.9 Å². The molecule has 0 aromatic carbocycles. The zero-order valence-electron chi connectivity index (χ0n) is 11.8. The molecule has 0 unspecified atom stereocenters. The summed E-state index contributed by atoms with van der Waals surface area (Å²) < 4.78 is 7.22. The number of hydrogen-bond donors (Lipinski definition) is 1. The Hall–Kier alpha value is -1.69. The van der Waals surface area contributed by atoms with Crippen molar-refractivity contribution in [2.45, 2.75) is 40.3 Å². The zero-order valence-corrected chi connectivity index (χ0v) is 11.8. The molecule has 0 radical (unpaired) electrons. The van der Waals surface area contributed by atoms with Crippen LogP contribution >= 0.6 is 0 Å². The second-order valence-electron chi connectivity index (χ2n) is 4.95. The van der Waals surface area contributed by atoms with Crippen LogP contribution in [0.4, 0.5) is 0 Å². The third-order valence-corrected chi connectivity index (χ3v) is 2.77. The first kappa shape index (κ1) is 13.7. The van der Waals surface area contributed by atoms with Gasteiger partial charge < -0.3 is 14.4 Å². The molecule has 0 saturated carbocycles. The molecular formula is C13H21N5O. The first-order valence-corrected chi connectivity index (χ1v) is 6.71. The van der Waals surface area contributed by atoms with Crippen molar-refractivity contribution in [2.24, 2.45) is 5.92 Å². The molecule has 19 heavy (non-hydrogen) atoms. The number of aryl methyl sites for hydroxylation is 1. The summed E-state index contributed by atoms with van der Waals surface area (Å²) in [4.78, 5) is 8.65. The molecule has 1 N–H and O–H groups in total. The molecule has 0 amide bonds. The molecule has 0 saturated heterocycles. The molecule has 0 atom stereocenters. The average Bonchev–Trinajstić information content (AvgIpc) is 2.99. The van der Waals surface area contributed by atoms with Gasteiger partial charge in [-0.3, -0.25) is 0 Å². The molecule has 6 heteroatoms. The van der Waals surface area contributed by atoms with Gasteiger partial charge in [0.15, 0.2) is 5.82 Å². The maximum absolute atomic E-state index is 5.20. The summed E-state index contributed by atoms with van der Waals surface area (Å²) in [5.74, 6) is 2.98. The fourth-order valence-electron chi connectivity index (χ4n) is 1.77. The van der Waals surface area contributed by atoms with Crippen LogP contribution in [0.2, 0.25) is 0 Å². The summed E-state index contributed by atoms with van der Waals surface area (Å²) in [6.07, 6.45) is 4.52. The Morgan fingerprint density at radius 1 is 1.42 bits per heavy atom. The first-order chi connectivity index (χ1) is 9.19. The van der Waals surface area contributed by atoms with Gasteiger partial charge in [0.25, 0.3) is 0 Å². The van der Waals surface area contributed by atoms with Crippen molar-refractivity contribution in [1.82, 2.24) is 25.0 Å². The van der Waals surface area contributed by atoms with E-state index >= 15 is 0 Å². The molecule has 104 valence electrons. The van der Waals surface area contributed by atoms with E-state index in [1.54, 1.807) is 6.20 Å². The number of aromatic nitrogens is 4. The summed E-state index contributed by atoms with van der Waals surface area (Å²) in [6, 6.07) is 0. The van der Waals surface area contributed by atoms with Crippen LogP contribution in [0.5, 0.6) is 0 Å². The summed E-state index contributed by atoms with van der Waals surface area (Å²) in [6.45, 7) is 8.68. The lowest BCUT2D eigenvalue weighted by Gasteiger charge is -2.08. The molecule has 0 aliphatic heterocycles. The fourth-order valence-corrected chi connectivity index (χ4v) is 1.77. The van der Waals surface area contributed by atoms with Crippen molar-refractivity contribution in [2.75, 3.05) is 6.54 Å². The van der Waals surface area contributed by atoms with Gasteiger partial charge in [0, 0.05) is 18.8 Å².